The maximum absolute atomic E-state index is 13.0. The molecule has 6 saturated carbocycles. The molecular formula is C58H74O12. The van der Waals surface area contributed by atoms with E-state index in [0.29, 0.717) is 77.7 Å². The van der Waals surface area contributed by atoms with Gasteiger partial charge in [0.15, 0.2) is 5.78 Å². The number of phenolic OH excluding ortho intramolecular Hbond substituents is 1. The van der Waals surface area contributed by atoms with Crippen LogP contribution in [-0.2, 0) is 14.2 Å². The van der Waals surface area contributed by atoms with Crippen LogP contribution in [0.15, 0.2) is 41.0 Å². The van der Waals surface area contributed by atoms with Gasteiger partial charge in [0.2, 0.25) is 6.29 Å². The molecule has 3 saturated heterocycles. The molecule has 2 aromatic rings. The van der Waals surface area contributed by atoms with E-state index in [2.05, 4.69) is 6.08 Å². The Morgan fingerprint density at radius 3 is 2.39 bits per heavy atom. The molecule has 0 radical (unpaired) electrons. The Hall–Kier alpha value is -3.36. The molecule has 0 aromatic heterocycles. The van der Waals surface area contributed by atoms with Crippen molar-refractivity contribution in [1.29, 1.82) is 0 Å². The molecule has 11 aliphatic rings. The predicted octanol–water partition coefficient (Wildman–Crippen LogP) is 9.02. The van der Waals surface area contributed by atoms with Gasteiger partial charge in [-0.2, -0.15) is 0 Å². The summed E-state index contributed by atoms with van der Waals surface area (Å²) in [5, 5.41) is 70.4. The second-order valence-electron chi connectivity index (χ2n) is 25.4. The summed E-state index contributed by atoms with van der Waals surface area (Å²) < 4.78 is 27.5. The molecule has 4 aliphatic heterocycles. The molecular weight excluding hydrogens is 889 g/mol. The summed E-state index contributed by atoms with van der Waals surface area (Å²) in [4.78, 5) is 25.2. The van der Waals surface area contributed by atoms with Crippen molar-refractivity contribution in [2.45, 2.75) is 191 Å². The van der Waals surface area contributed by atoms with Gasteiger partial charge in [-0.25, -0.2) is 4.79 Å². The van der Waals surface area contributed by atoms with Gasteiger partial charge < -0.3 is 49.6 Å². The predicted molar refractivity (Wildman–Crippen MR) is 258 cm³/mol. The Balaban J connectivity index is 0.889. The van der Waals surface area contributed by atoms with Crippen LogP contribution in [0.3, 0.4) is 0 Å². The molecule has 4 heterocycles. The van der Waals surface area contributed by atoms with Crippen LogP contribution in [0.25, 0.3) is 10.8 Å². The fourth-order valence-corrected chi connectivity index (χ4v) is 20.0. The first-order valence-electron chi connectivity index (χ1n) is 27.3. The number of benzene rings is 2. The molecule has 12 nitrogen and oxygen atoms in total. The lowest BCUT2D eigenvalue weighted by atomic mass is 9.42. The number of carbonyl (C=O) groups excluding carboxylic acids is 1. The summed E-state index contributed by atoms with van der Waals surface area (Å²) in [6.45, 7) is 4.48. The van der Waals surface area contributed by atoms with Crippen molar-refractivity contribution in [3.8, 4) is 11.5 Å². The van der Waals surface area contributed by atoms with Crippen LogP contribution in [0.4, 0.5) is 0 Å². The van der Waals surface area contributed by atoms with Gasteiger partial charge in [-0.05, 0) is 215 Å². The topological polar surface area (TPSA) is 192 Å². The molecule has 6 N–H and O–H groups in total. The highest BCUT2D eigenvalue weighted by molar-refractivity contribution is 6.08. The van der Waals surface area contributed by atoms with Crippen molar-refractivity contribution in [2.24, 2.45) is 50.7 Å². The van der Waals surface area contributed by atoms with Crippen molar-refractivity contribution in [3.63, 3.8) is 0 Å². The lowest BCUT2D eigenvalue weighted by Gasteiger charge is -2.64. The van der Waals surface area contributed by atoms with Crippen LogP contribution >= 0.6 is 0 Å². The van der Waals surface area contributed by atoms with Crippen LogP contribution in [0.2, 0.25) is 0 Å². The molecule has 7 aliphatic carbocycles. The highest BCUT2D eigenvalue weighted by Gasteiger charge is 2.71. The van der Waals surface area contributed by atoms with E-state index in [-0.39, 0.29) is 63.1 Å². The van der Waals surface area contributed by atoms with Gasteiger partial charge in [-0.1, -0.05) is 31.4 Å². The number of aliphatic hydroxyl groups is 4. The smallest absolute Gasteiger partial charge is 0.335 e. The number of hydrogen-bond acceptors (Lipinski definition) is 11. The molecule has 70 heavy (non-hydrogen) atoms. The second kappa shape index (κ2) is 16.1. The molecule has 12 heteroatoms. The minimum atomic E-state index is -1.71. The molecule has 9 fully saturated rings. The minimum absolute atomic E-state index is 0.0433. The summed E-state index contributed by atoms with van der Waals surface area (Å²) in [6, 6.07) is 4.25. The zero-order chi connectivity index (χ0) is 48.3. The van der Waals surface area contributed by atoms with Crippen molar-refractivity contribution < 1.29 is 59.2 Å². The van der Waals surface area contributed by atoms with Crippen LogP contribution in [0, 0.1) is 57.7 Å². The summed E-state index contributed by atoms with van der Waals surface area (Å²) in [5.41, 5.74) is 4.05. The third-order valence-electron chi connectivity index (χ3n) is 22.3. The molecule has 378 valence electrons. The van der Waals surface area contributed by atoms with Gasteiger partial charge in [-0.15, -0.1) is 0 Å². The Morgan fingerprint density at radius 1 is 0.886 bits per heavy atom. The number of rotatable bonds is 7. The first-order valence-corrected chi connectivity index (χ1v) is 27.3. The highest BCUT2D eigenvalue weighted by atomic mass is 16.7. The third kappa shape index (κ3) is 6.38. The number of hydrogen-bond donors (Lipinski definition) is 6. The number of ether oxygens (including phenoxy) is 4. The van der Waals surface area contributed by atoms with E-state index in [9.17, 15) is 40.2 Å². The number of fused-ring (bicyclic) bond motifs is 6. The van der Waals surface area contributed by atoms with E-state index < -0.39 is 48.4 Å². The number of aryl methyl sites for hydroxylation is 1. The van der Waals surface area contributed by atoms with E-state index in [0.717, 1.165) is 19.4 Å². The number of Topliss-reactive ketones (excluding diaryl/α,β-unsaturated/α-hetero) is 1. The first kappa shape index (κ1) is 46.4. The molecule has 2 aromatic carbocycles. The maximum atomic E-state index is 13.0. The summed E-state index contributed by atoms with van der Waals surface area (Å²) in [5.74, 6) is -1.33. The maximum Gasteiger partial charge on any atom is 0.335 e. The fourth-order valence-electron chi connectivity index (χ4n) is 20.0. The van der Waals surface area contributed by atoms with Gasteiger partial charge in [-0.3, -0.25) is 4.79 Å². The monoisotopic (exact) mass is 963 g/mol. The van der Waals surface area contributed by atoms with Gasteiger partial charge in [0.05, 0.1) is 35.3 Å². The normalized spacial score (nSPS) is 44.2. The average molecular weight is 963 g/mol. The zero-order valence-corrected chi connectivity index (χ0v) is 41.2. The molecule has 15 unspecified atom stereocenters. The number of carboxylic acid groups (broad SMARTS) is 1. The first-order chi connectivity index (χ1) is 33.6. The number of phenols is 1. The van der Waals surface area contributed by atoms with Crippen LogP contribution < -0.4 is 4.74 Å². The SMILES string of the molecule is CC(=O)c1c(C)cc2cc(C(=O)O)cc(OC3OC4C(O)CCC5OC4(CC4C6=C5CC=C6C5(CCCO)COCC6CC7(CCC8(CCCC89CCC8(CCCC8)C9)C7)CC4C65)C(O)C3O)c2c1O. The lowest BCUT2D eigenvalue weighted by molar-refractivity contribution is -0.336. The van der Waals surface area contributed by atoms with Crippen molar-refractivity contribution in [3.05, 3.63) is 57.7 Å². The fraction of sp³-hybridized carbons (Fsp3) is 0.724. The van der Waals surface area contributed by atoms with Crippen LogP contribution in [0.1, 0.15) is 168 Å². The second-order valence-corrected chi connectivity index (χ2v) is 25.4. The quantitative estimate of drug-likeness (QED) is 0.145. The molecule has 0 amide bonds. The standard InChI is InChI=1S/C58H74O12/c1-31-21-33-22-34(51(65)66)23-42(44(33)47(62)43(31)32(2)60)68-52-48(63)49(64)58-26-37-38-25-54(17-19-56(29-54)14-5-13-55(56)18-16-53(28-55)11-3-4-12-53)24-35-27-67-30-57(46(35)38,15-6-20-59)39-8-7-36(45(37)39)41(70-58)10-9-40(61)50(58)69-52/h8,21-23,35,37-38,40-41,46,48-50,52,59,61-64H,3-7,9-20,24-30H2,1-2H3,(H,65,66). The largest absolute Gasteiger partial charge is 0.506 e. The van der Waals surface area contributed by atoms with Crippen LogP contribution in [-0.4, -0.2) is 105 Å². The van der Waals surface area contributed by atoms with Gasteiger partial charge in [0.25, 0.3) is 0 Å². The van der Waals surface area contributed by atoms with Gasteiger partial charge in [0, 0.05) is 18.6 Å². The van der Waals surface area contributed by atoms with E-state index in [1.165, 1.54) is 126 Å². The zero-order valence-electron chi connectivity index (χ0n) is 41.2. The molecule has 15 atom stereocenters. The number of aromatic hydroxyl groups is 1. The Labute approximate surface area is 411 Å². The van der Waals surface area contributed by atoms with E-state index in [1.807, 2.05) is 0 Å². The number of ketones is 1. The van der Waals surface area contributed by atoms with Crippen molar-refractivity contribution >= 4 is 22.5 Å². The summed E-state index contributed by atoms with van der Waals surface area (Å²) in [6.07, 6.45) is 18.3. The number of aliphatic hydroxyl groups excluding tert-OH is 4. The van der Waals surface area contributed by atoms with E-state index in [1.54, 1.807) is 13.0 Å². The Bertz CT molecular complexity index is 2600. The van der Waals surface area contributed by atoms with Crippen molar-refractivity contribution in [1.82, 2.24) is 0 Å². The average Bonchev–Trinajstić information content (AvgIpc) is 4.16. The van der Waals surface area contributed by atoms with E-state index >= 15 is 0 Å². The summed E-state index contributed by atoms with van der Waals surface area (Å²) in [7, 11) is 0. The Kier molecular flexibility index (Phi) is 10.7. The summed E-state index contributed by atoms with van der Waals surface area (Å²) >= 11 is 0. The molecule has 5 spiro atoms. The van der Waals surface area contributed by atoms with Gasteiger partial charge >= 0.3 is 5.97 Å². The number of carboxylic acids is 1. The molecule has 13 rings (SSSR count). The van der Waals surface area contributed by atoms with Crippen LogP contribution in [0.5, 0.6) is 11.5 Å². The van der Waals surface area contributed by atoms with E-state index in [4.69, 9.17) is 18.9 Å². The minimum Gasteiger partial charge on any atom is -0.506 e. The highest BCUT2D eigenvalue weighted by Crippen LogP contribution is 2.78. The van der Waals surface area contributed by atoms with Gasteiger partial charge in [0.1, 0.15) is 35.4 Å². The molecule has 2 bridgehead atoms. The number of allylic oxidation sites excluding steroid dienone is 2. The lowest BCUT2D eigenvalue weighted by Crippen LogP contribution is -2.71. The number of carbonyl (C=O) groups is 2. The third-order valence-corrected chi connectivity index (χ3v) is 22.3. The van der Waals surface area contributed by atoms with Crippen molar-refractivity contribution in [2.75, 3.05) is 19.8 Å². The Morgan fingerprint density at radius 2 is 1.64 bits per heavy atom. The number of aromatic carboxylic acids is 1.